The molecule has 0 saturated heterocycles. The van der Waals surface area contributed by atoms with Crippen molar-refractivity contribution in [2.75, 3.05) is 13.2 Å². The molecule has 0 aromatic heterocycles. The molecule has 0 amide bonds. The fourth-order valence-corrected chi connectivity index (χ4v) is 1.30. The molecule has 0 saturated carbocycles. The van der Waals surface area contributed by atoms with E-state index < -0.39 is 6.23 Å². The third-order valence-electron chi connectivity index (χ3n) is 1.91. The molecule has 3 heteroatoms. The maximum atomic E-state index is 9.55. The van der Waals surface area contributed by atoms with Crippen LogP contribution in [0.1, 0.15) is 11.8 Å². The van der Waals surface area contributed by atoms with E-state index in [1.807, 2.05) is 24.3 Å². The number of aliphatic hydroxyl groups excluding tert-OH is 1. The van der Waals surface area contributed by atoms with Crippen molar-refractivity contribution in [1.82, 2.24) is 5.32 Å². The summed E-state index contributed by atoms with van der Waals surface area (Å²) in [7, 11) is 0. The standard InChI is InChI=1S/C9H11NO2/c11-9-7-3-1-2-4-8(7)12-6-5-10-9/h1-4,9-11H,5-6H2. The van der Waals surface area contributed by atoms with Crippen molar-refractivity contribution < 1.29 is 9.84 Å². The van der Waals surface area contributed by atoms with E-state index in [0.29, 0.717) is 13.2 Å². The Morgan fingerprint density at radius 3 is 3.17 bits per heavy atom. The molecule has 3 nitrogen and oxygen atoms in total. The Morgan fingerprint density at radius 1 is 1.42 bits per heavy atom. The third kappa shape index (κ3) is 1.29. The zero-order valence-corrected chi connectivity index (χ0v) is 6.66. The minimum Gasteiger partial charge on any atom is -0.492 e. The number of benzene rings is 1. The SMILES string of the molecule is OC1NCCOc2ccccc21. The van der Waals surface area contributed by atoms with Gasteiger partial charge in [-0.1, -0.05) is 18.2 Å². The van der Waals surface area contributed by atoms with Crippen molar-refractivity contribution in [1.29, 1.82) is 0 Å². The van der Waals surface area contributed by atoms with E-state index in [9.17, 15) is 5.11 Å². The van der Waals surface area contributed by atoms with Crippen LogP contribution in [0.2, 0.25) is 0 Å². The highest BCUT2D eigenvalue weighted by molar-refractivity contribution is 5.35. The second-order valence-corrected chi connectivity index (χ2v) is 2.74. The van der Waals surface area contributed by atoms with Crippen molar-refractivity contribution in [3.05, 3.63) is 29.8 Å². The molecule has 2 rings (SSSR count). The van der Waals surface area contributed by atoms with Gasteiger partial charge in [0.15, 0.2) is 0 Å². The molecule has 2 N–H and O–H groups in total. The fraction of sp³-hybridized carbons (Fsp3) is 0.333. The van der Waals surface area contributed by atoms with Crippen LogP contribution < -0.4 is 10.1 Å². The number of nitrogens with one attached hydrogen (secondary N) is 1. The molecule has 1 aromatic rings. The molecule has 0 spiro atoms. The zero-order chi connectivity index (χ0) is 8.39. The minimum absolute atomic E-state index is 0.594. The Balaban J connectivity index is 2.39. The predicted octanol–water partition coefficient (Wildman–Crippen LogP) is 0.659. The first-order valence-electron chi connectivity index (χ1n) is 4.01. The Labute approximate surface area is 71.0 Å². The van der Waals surface area contributed by atoms with Crippen molar-refractivity contribution in [2.45, 2.75) is 6.23 Å². The van der Waals surface area contributed by atoms with Gasteiger partial charge in [-0.2, -0.15) is 0 Å². The van der Waals surface area contributed by atoms with Crippen LogP contribution in [0.5, 0.6) is 5.75 Å². The molecule has 1 heterocycles. The summed E-state index contributed by atoms with van der Waals surface area (Å²) in [5.41, 5.74) is 0.815. The molecular formula is C9H11NO2. The van der Waals surface area contributed by atoms with Gasteiger partial charge in [0.05, 0.1) is 0 Å². The Kier molecular flexibility index (Phi) is 1.98. The monoisotopic (exact) mass is 165 g/mol. The van der Waals surface area contributed by atoms with Gasteiger partial charge in [-0.05, 0) is 6.07 Å². The van der Waals surface area contributed by atoms with Gasteiger partial charge in [-0.25, -0.2) is 0 Å². The fourth-order valence-electron chi connectivity index (χ4n) is 1.30. The van der Waals surface area contributed by atoms with E-state index in [-0.39, 0.29) is 0 Å². The zero-order valence-electron chi connectivity index (χ0n) is 6.66. The highest BCUT2D eigenvalue weighted by atomic mass is 16.5. The average molecular weight is 165 g/mol. The van der Waals surface area contributed by atoms with E-state index in [0.717, 1.165) is 11.3 Å². The van der Waals surface area contributed by atoms with Crippen molar-refractivity contribution >= 4 is 0 Å². The van der Waals surface area contributed by atoms with Gasteiger partial charge in [0.25, 0.3) is 0 Å². The number of ether oxygens (including phenoxy) is 1. The molecule has 12 heavy (non-hydrogen) atoms. The summed E-state index contributed by atoms with van der Waals surface area (Å²) in [6.07, 6.45) is -0.594. The van der Waals surface area contributed by atoms with Crippen LogP contribution in [0.25, 0.3) is 0 Å². The Bertz CT molecular complexity index is 275. The Hall–Kier alpha value is -1.06. The predicted molar refractivity (Wildman–Crippen MR) is 44.9 cm³/mol. The van der Waals surface area contributed by atoms with Gasteiger partial charge < -0.3 is 9.84 Å². The average Bonchev–Trinajstić information content (AvgIpc) is 2.29. The number of hydrogen-bond donors (Lipinski definition) is 2. The highest BCUT2D eigenvalue weighted by Gasteiger charge is 2.14. The van der Waals surface area contributed by atoms with Gasteiger partial charge >= 0.3 is 0 Å². The normalized spacial score (nSPS) is 22.2. The second kappa shape index (κ2) is 3.13. The summed E-state index contributed by atoms with van der Waals surface area (Å²) in [4.78, 5) is 0. The molecule has 64 valence electrons. The molecule has 0 bridgehead atoms. The van der Waals surface area contributed by atoms with Crippen LogP contribution in [0.4, 0.5) is 0 Å². The summed E-state index contributed by atoms with van der Waals surface area (Å²) in [5, 5.41) is 12.5. The first kappa shape index (κ1) is 7.58. The van der Waals surface area contributed by atoms with Crippen molar-refractivity contribution in [2.24, 2.45) is 0 Å². The molecule has 1 atom stereocenters. The highest BCUT2D eigenvalue weighted by Crippen LogP contribution is 2.24. The van der Waals surface area contributed by atoms with Gasteiger partial charge in [-0.3, -0.25) is 5.32 Å². The Morgan fingerprint density at radius 2 is 2.25 bits per heavy atom. The maximum absolute atomic E-state index is 9.55. The first-order valence-corrected chi connectivity index (χ1v) is 4.01. The molecule has 1 aromatic carbocycles. The topological polar surface area (TPSA) is 41.5 Å². The minimum atomic E-state index is -0.594. The summed E-state index contributed by atoms with van der Waals surface area (Å²) >= 11 is 0. The van der Waals surface area contributed by atoms with Crippen LogP contribution in [0.15, 0.2) is 24.3 Å². The van der Waals surface area contributed by atoms with E-state index in [1.54, 1.807) is 0 Å². The summed E-state index contributed by atoms with van der Waals surface area (Å²) in [6.45, 7) is 1.28. The lowest BCUT2D eigenvalue weighted by molar-refractivity contribution is 0.143. The molecule has 0 fully saturated rings. The number of rotatable bonds is 0. The lowest BCUT2D eigenvalue weighted by Crippen LogP contribution is -2.22. The van der Waals surface area contributed by atoms with Crippen LogP contribution in [-0.4, -0.2) is 18.3 Å². The van der Waals surface area contributed by atoms with Gasteiger partial charge in [0.1, 0.15) is 18.6 Å². The molecule has 0 radical (unpaired) electrons. The van der Waals surface area contributed by atoms with Gasteiger partial charge in [0, 0.05) is 12.1 Å². The van der Waals surface area contributed by atoms with E-state index >= 15 is 0 Å². The molecule has 1 unspecified atom stereocenters. The number of aliphatic hydroxyl groups is 1. The quantitative estimate of drug-likeness (QED) is 0.593. The summed E-state index contributed by atoms with van der Waals surface area (Å²) in [6, 6.07) is 7.51. The van der Waals surface area contributed by atoms with E-state index in [1.165, 1.54) is 0 Å². The number of para-hydroxylation sites is 1. The van der Waals surface area contributed by atoms with Crippen LogP contribution in [0, 0.1) is 0 Å². The maximum Gasteiger partial charge on any atom is 0.134 e. The summed E-state index contributed by atoms with van der Waals surface area (Å²) < 4.78 is 5.40. The first-order chi connectivity index (χ1) is 5.88. The van der Waals surface area contributed by atoms with Crippen LogP contribution in [0.3, 0.4) is 0 Å². The van der Waals surface area contributed by atoms with Crippen LogP contribution >= 0.6 is 0 Å². The second-order valence-electron chi connectivity index (χ2n) is 2.74. The molecule has 1 aliphatic heterocycles. The lowest BCUT2D eigenvalue weighted by Gasteiger charge is -2.09. The molecular weight excluding hydrogens is 154 g/mol. The number of fused-ring (bicyclic) bond motifs is 1. The number of hydrogen-bond acceptors (Lipinski definition) is 3. The van der Waals surface area contributed by atoms with E-state index in [2.05, 4.69) is 5.32 Å². The van der Waals surface area contributed by atoms with Crippen LogP contribution in [-0.2, 0) is 0 Å². The molecule has 0 aliphatic carbocycles. The van der Waals surface area contributed by atoms with E-state index in [4.69, 9.17) is 4.74 Å². The summed E-state index contributed by atoms with van der Waals surface area (Å²) in [5.74, 6) is 0.773. The molecule has 1 aliphatic rings. The largest absolute Gasteiger partial charge is 0.492 e. The third-order valence-corrected chi connectivity index (χ3v) is 1.91. The lowest BCUT2D eigenvalue weighted by atomic mass is 10.2. The van der Waals surface area contributed by atoms with Gasteiger partial charge in [-0.15, -0.1) is 0 Å². The smallest absolute Gasteiger partial charge is 0.134 e. The van der Waals surface area contributed by atoms with Gasteiger partial charge in [0.2, 0.25) is 0 Å². The van der Waals surface area contributed by atoms with Crippen molar-refractivity contribution in [3.63, 3.8) is 0 Å². The van der Waals surface area contributed by atoms with Crippen molar-refractivity contribution in [3.8, 4) is 5.75 Å².